The fourth-order valence-corrected chi connectivity index (χ4v) is 1.53. The van der Waals surface area contributed by atoms with Crippen molar-refractivity contribution in [2.24, 2.45) is 11.7 Å². The van der Waals surface area contributed by atoms with Gasteiger partial charge in [-0.15, -0.1) is 0 Å². The van der Waals surface area contributed by atoms with E-state index in [4.69, 9.17) is 5.73 Å². The summed E-state index contributed by atoms with van der Waals surface area (Å²) in [7, 11) is 0. The van der Waals surface area contributed by atoms with Gasteiger partial charge in [-0.2, -0.15) is 0 Å². The van der Waals surface area contributed by atoms with Gasteiger partial charge in [-0.05, 0) is 18.8 Å². The molecule has 0 heterocycles. The third kappa shape index (κ3) is 2.89. The highest BCUT2D eigenvalue weighted by atomic mass is 19.3. The normalized spacial score (nSPS) is 24.9. The summed E-state index contributed by atoms with van der Waals surface area (Å²) < 4.78 is 25.3. The molecule has 12 heavy (non-hydrogen) atoms. The van der Waals surface area contributed by atoms with Crippen molar-refractivity contribution in [2.75, 3.05) is 6.54 Å². The van der Waals surface area contributed by atoms with Crippen molar-refractivity contribution in [3.8, 4) is 0 Å². The summed E-state index contributed by atoms with van der Waals surface area (Å²) >= 11 is 0. The Morgan fingerprint density at radius 1 is 1.33 bits per heavy atom. The molecule has 0 bridgehead atoms. The minimum atomic E-state index is -2.41. The lowest BCUT2D eigenvalue weighted by atomic mass is 9.86. The molecule has 0 aromatic heterocycles. The molecule has 0 saturated heterocycles. The Bertz CT molecular complexity index is 156. The van der Waals surface area contributed by atoms with E-state index in [0.29, 0.717) is 25.3 Å². The van der Waals surface area contributed by atoms with E-state index in [9.17, 15) is 8.78 Å². The Labute approximate surface area is 71.6 Å². The second-order valence-corrected chi connectivity index (χ2v) is 3.36. The largest absolute Gasteiger partial charge is 0.327 e. The molecule has 1 nitrogen and oxygen atoms in total. The Morgan fingerprint density at radius 2 is 1.92 bits per heavy atom. The van der Waals surface area contributed by atoms with Crippen LogP contribution in [-0.4, -0.2) is 12.5 Å². The van der Waals surface area contributed by atoms with Crippen LogP contribution in [0, 0.1) is 5.92 Å². The van der Waals surface area contributed by atoms with E-state index in [0.717, 1.165) is 0 Å². The summed E-state index contributed by atoms with van der Waals surface area (Å²) in [5.74, 6) is -2.08. The molecule has 1 rings (SSSR count). The summed E-state index contributed by atoms with van der Waals surface area (Å²) in [6.07, 6.45) is 5.09. The number of rotatable bonds is 2. The maximum atomic E-state index is 12.7. The quantitative estimate of drug-likeness (QED) is 0.640. The predicted molar refractivity (Wildman–Crippen MR) is 45.1 cm³/mol. The van der Waals surface area contributed by atoms with Gasteiger partial charge in [0.2, 0.25) is 5.92 Å². The molecule has 3 heteroatoms. The lowest BCUT2D eigenvalue weighted by molar-refractivity contribution is -0.0411. The first-order valence-electron chi connectivity index (χ1n) is 4.38. The van der Waals surface area contributed by atoms with E-state index >= 15 is 0 Å². The average Bonchev–Trinajstić information content (AvgIpc) is 2.03. The molecule has 1 aliphatic carbocycles. The maximum Gasteiger partial charge on any atom is 0.248 e. The van der Waals surface area contributed by atoms with Crippen LogP contribution < -0.4 is 5.73 Å². The van der Waals surface area contributed by atoms with E-state index in [1.165, 1.54) is 0 Å². The van der Waals surface area contributed by atoms with Crippen molar-refractivity contribution in [1.29, 1.82) is 0 Å². The number of allylic oxidation sites excluding steroid dienone is 1. The molecular weight excluding hydrogens is 160 g/mol. The molecule has 0 radical (unpaired) electrons. The number of hydrogen-bond acceptors (Lipinski definition) is 1. The highest BCUT2D eigenvalue weighted by molar-refractivity contribution is 4.92. The Morgan fingerprint density at radius 3 is 2.42 bits per heavy atom. The number of hydrogen-bond donors (Lipinski definition) is 1. The van der Waals surface area contributed by atoms with Gasteiger partial charge in [-0.1, -0.05) is 12.2 Å². The van der Waals surface area contributed by atoms with Gasteiger partial charge < -0.3 is 5.73 Å². The van der Waals surface area contributed by atoms with E-state index in [-0.39, 0.29) is 12.8 Å². The number of nitrogens with two attached hydrogens (primary N) is 1. The van der Waals surface area contributed by atoms with Crippen LogP contribution in [0.3, 0.4) is 0 Å². The van der Waals surface area contributed by atoms with Gasteiger partial charge in [-0.25, -0.2) is 8.78 Å². The number of alkyl halides is 2. The van der Waals surface area contributed by atoms with Gasteiger partial charge in [-0.3, -0.25) is 0 Å². The molecule has 70 valence electrons. The first kappa shape index (κ1) is 9.65. The van der Waals surface area contributed by atoms with Crippen molar-refractivity contribution >= 4 is 0 Å². The molecule has 0 spiro atoms. The molecule has 2 N–H and O–H groups in total. The van der Waals surface area contributed by atoms with Crippen LogP contribution in [0.4, 0.5) is 8.78 Å². The molecule has 1 fully saturated rings. The molecular formula is C9H15F2N. The third-order valence-electron chi connectivity index (χ3n) is 2.31. The molecule has 1 aliphatic rings. The average molecular weight is 175 g/mol. The van der Waals surface area contributed by atoms with Crippen LogP contribution in [0.2, 0.25) is 0 Å². The van der Waals surface area contributed by atoms with Crippen LogP contribution in [0.25, 0.3) is 0 Å². The lowest BCUT2D eigenvalue weighted by Gasteiger charge is -2.26. The predicted octanol–water partition coefficient (Wildman–Crippen LogP) is 2.33. The van der Waals surface area contributed by atoms with Crippen molar-refractivity contribution < 1.29 is 8.78 Å². The van der Waals surface area contributed by atoms with Crippen molar-refractivity contribution in [2.45, 2.75) is 31.6 Å². The van der Waals surface area contributed by atoms with Gasteiger partial charge in [0.05, 0.1) is 0 Å². The molecule has 1 saturated carbocycles. The van der Waals surface area contributed by atoms with Gasteiger partial charge in [0.25, 0.3) is 0 Å². The summed E-state index contributed by atoms with van der Waals surface area (Å²) in [6, 6.07) is 0. The lowest BCUT2D eigenvalue weighted by Crippen LogP contribution is -2.23. The SMILES string of the molecule is NC/C=C/C1CCC(F)(F)CC1. The van der Waals surface area contributed by atoms with Crippen molar-refractivity contribution in [3.05, 3.63) is 12.2 Å². The standard InChI is InChI=1S/C9H15F2N/c10-9(11)5-3-8(4-6-9)2-1-7-12/h1-2,8H,3-7,12H2/b2-1+. The third-order valence-corrected chi connectivity index (χ3v) is 2.31. The van der Waals surface area contributed by atoms with E-state index < -0.39 is 5.92 Å². The molecule has 0 atom stereocenters. The number of halogens is 2. The summed E-state index contributed by atoms with van der Waals surface area (Å²) in [5.41, 5.74) is 5.26. The van der Waals surface area contributed by atoms with Crippen LogP contribution in [0.5, 0.6) is 0 Å². The molecule has 0 unspecified atom stereocenters. The highest BCUT2D eigenvalue weighted by Gasteiger charge is 2.33. The summed E-state index contributed by atoms with van der Waals surface area (Å²) in [5, 5.41) is 0. The van der Waals surface area contributed by atoms with Crippen LogP contribution >= 0.6 is 0 Å². The fraction of sp³-hybridized carbons (Fsp3) is 0.778. The zero-order valence-corrected chi connectivity index (χ0v) is 7.10. The van der Waals surface area contributed by atoms with Gasteiger partial charge in [0, 0.05) is 19.4 Å². The Hall–Kier alpha value is -0.440. The van der Waals surface area contributed by atoms with E-state index in [1.54, 1.807) is 0 Å². The summed E-state index contributed by atoms with van der Waals surface area (Å²) in [4.78, 5) is 0. The van der Waals surface area contributed by atoms with Crippen LogP contribution in [0.1, 0.15) is 25.7 Å². The first-order chi connectivity index (χ1) is 5.64. The van der Waals surface area contributed by atoms with Crippen LogP contribution in [-0.2, 0) is 0 Å². The van der Waals surface area contributed by atoms with Gasteiger partial charge in [0.15, 0.2) is 0 Å². The van der Waals surface area contributed by atoms with Crippen molar-refractivity contribution in [1.82, 2.24) is 0 Å². The van der Waals surface area contributed by atoms with Gasteiger partial charge in [0.1, 0.15) is 0 Å². The van der Waals surface area contributed by atoms with Crippen LogP contribution in [0.15, 0.2) is 12.2 Å². The molecule has 0 amide bonds. The maximum absolute atomic E-state index is 12.7. The second kappa shape index (κ2) is 3.99. The zero-order valence-electron chi connectivity index (χ0n) is 7.10. The smallest absolute Gasteiger partial charge is 0.248 e. The summed E-state index contributed by atoms with van der Waals surface area (Å²) in [6.45, 7) is 0.507. The van der Waals surface area contributed by atoms with E-state index in [1.807, 2.05) is 12.2 Å². The highest BCUT2D eigenvalue weighted by Crippen LogP contribution is 2.36. The zero-order chi connectivity index (χ0) is 9.03. The Kier molecular flexibility index (Phi) is 3.20. The second-order valence-electron chi connectivity index (χ2n) is 3.36. The van der Waals surface area contributed by atoms with Gasteiger partial charge >= 0.3 is 0 Å². The van der Waals surface area contributed by atoms with E-state index in [2.05, 4.69) is 0 Å². The molecule has 0 aromatic carbocycles. The molecule has 0 aromatic rings. The minimum absolute atomic E-state index is 0.0343. The van der Waals surface area contributed by atoms with Crippen molar-refractivity contribution in [3.63, 3.8) is 0 Å². The Balaban J connectivity index is 2.31. The molecule has 0 aliphatic heterocycles. The minimum Gasteiger partial charge on any atom is -0.327 e. The topological polar surface area (TPSA) is 26.0 Å². The first-order valence-corrected chi connectivity index (χ1v) is 4.38. The fourth-order valence-electron chi connectivity index (χ4n) is 1.53. The monoisotopic (exact) mass is 175 g/mol.